The van der Waals surface area contributed by atoms with E-state index in [4.69, 9.17) is 0 Å². The van der Waals surface area contributed by atoms with E-state index in [1.807, 2.05) is 25.2 Å². The second-order valence-electron chi connectivity index (χ2n) is 4.20. The molecule has 0 bridgehead atoms. The minimum Gasteiger partial charge on any atom is -0.341 e. The molecule has 4 heteroatoms. The second kappa shape index (κ2) is 5.82. The van der Waals surface area contributed by atoms with Crippen molar-refractivity contribution in [2.75, 3.05) is 13.6 Å². The highest BCUT2D eigenvalue weighted by atomic mass is 79.9. The summed E-state index contributed by atoms with van der Waals surface area (Å²) < 4.78 is 1.78. The number of halogens is 2. The minimum absolute atomic E-state index is 0.0491. The van der Waals surface area contributed by atoms with Crippen LogP contribution in [0.2, 0.25) is 0 Å². The molecule has 1 aromatic rings. The number of carbonyl (C=O) groups excluding carboxylic acids is 1. The number of hydrogen-bond donors (Lipinski definition) is 0. The minimum atomic E-state index is 0.0491. The molecule has 2 nitrogen and oxygen atoms in total. The van der Waals surface area contributed by atoms with Gasteiger partial charge in [0.05, 0.1) is 5.56 Å². The standard InChI is InChI=1S/C12H15Br2NO/c1-8(2)7-15(3)12(16)10-5-4-9(13)6-11(10)14/h4-6,8H,7H2,1-3H3. The van der Waals surface area contributed by atoms with E-state index in [9.17, 15) is 4.79 Å². The molecule has 0 N–H and O–H groups in total. The molecule has 1 aromatic carbocycles. The molecule has 1 amide bonds. The Morgan fingerprint density at radius 3 is 2.50 bits per heavy atom. The van der Waals surface area contributed by atoms with Crippen LogP contribution in [0, 0.1) is 5.92 Å². The number of carbonyl (C=O) groups is 1. The number of hydrogen-bond acceptors (Lipinski definition) is 1. The summed E-state index contributed by atoms with van der Waals surface area (Å²) in [6, 6.07) is 5.59. The third kappa shape index (κ3) is 3.59. The molecule has 0 radical (unpaired) electrons. The molecule has 0 atom stereocenters. The molecule has 88 valence electrons. The van der Waals surface area contributed by atoms with E-state index in [2.05, 4.69) is 45.7 Å². The lowest BCUT2D eigenvalue weighted by atomic mass is 10.1. The molecule has 0 aliphatic heterocycles. The van der Waals surface area contributed by atoms with Gasteiger partial charge in [-0.25, -0.2) is 0 Å². The van der Waals surface area contributed by atoms with Gasteiger partial charge in [-0.2, -0.15) is 0 Å². The van der Waals surface area contributed by atoms with Crippen molar-refractivity contribution in [3.8, 4) is 0 Å². The van der Waals surface area contributed by atoms with Crippen LogP contribution >= 0.6 is 31.9 Å². The fourth-order valence-electron chi connectivity index (χ4n) is 1.50. The molecule has 0 aliphatic carbocycles. The molecule has 0 aromatic heterocycles. The van der Waals surface area contributed by atoms with Gasteiger partial charge >= 0.3 is 0 Å². The number of rotatable bonds is 3. The van der Waals surface area contributed by atoms with Crippen LogP contribution in [-0.4, -0.2) is 24.4 Å². The van der Waals surface area contributed by atoms with Gasteiger partial charge in [0.2, 0.25) is 0 Å². The molecule has 16 heavy (non-hydrogen) atoms. The van der Waals surface area contributed by atoms with Crippen LogP contribution in [0.1, 0.15) is 24.2 Å². The van der Waals surface area contributed by atoms with Crippen molar-refractivity contribution in [1.29, 1.82) is 0 Å². The first-order valence-electron chi connectivity index (χ1n) is 5.12. The summed E-state index contributed by atoms with van der Waals surface area (Å²) in [5.41, 5.74) is 0.700. The average Bonchev–Trinajstić information content (AvgIpc) is 2.15. The van der Waals surface area contributed by atoms with Crippen molar-refractivity contribution in [2.45, 2.75) is 13.8 Å². The van der Waals surface area contributed by atoms with Crippen molar-refractivity contribution in [3.63, 3.8) is 0 Å². The lowest BCUT2D eigenvalue weighted by Gasteiger charge is -2.20. The predicted molar refractivity (Wildman–Crippen MR) is 73.6 cm³/mol. The highest BCUT2D eigenvalue weighted by Crippen LogP contribution is 2.23. The largest absolute Gasteiger partial charge is 0.341 e. The lowest BCUT2D eigenvalue weighted by Crippen LogP contribution is -2.30. The Labute approximate surface area is 113 Å². The van der Waals surface area contributed by atoms with Crippen molar-refractivity contribution < 1.29 is 4.79 Å². The topological polar surface area (TPSA) is 20.3 Å². The summed E-state index contributed by atoms with van der Waals surface area (Å²) in [5, 5.41) is 0. The smallest absolute Gasteiger partial charge is 0.254 e. The number of nitrogens with zero attached hydrogens (tertiary/aromatic N) is 1. The van der Waals surface area contributed by atoms with Gasteiger partial charge in [0, 0.05) is 22.5 Å². The zero-order chi connectivity index (χ0) is 12.3. The van der Waals surface area contributed by atoms with Crippen LogP contribution < -0.4 is 0 Å². The lowest BCUT2D eigenvalue weighted by molar-refractivity contribution is 0.0778. The van der Waals surface area contributed by atoms with Crippen LogP contribution in [-0.2, 0) is 0 Å². The predicted octanol–water partition coefficient (Wildman–Crippen LogP) is 3.94. The number of amides is 1. The molecule has 0 saturated carbocycles. The molecule has 1 rings (SSSR count). The van der Waals surface area contributed by atoms with E-state index in [1.54, 1.807) is 4.90 Å². The highest BCUT2D eigenvalue weighted by Gasteiger charge is 2.15. The molecule has 0 unspecified atom stereocenters. The van der Waals surface area contributed by atoms with E-state index >= 15 is 0 Å². The average molecular weight is 349 g/mol. The first kappa shape index (κ1) is 13.7. The van der Waals surface area contributed by atoms with Crippen molar-refractivity contribution >= 4 is 37.8 Å². The van der Waals surface area contributed by atoms with Gasteiger partial charge in [0.25, 0.3) is 5.91 Å². The number of benzene rings is 1. The Kier molecular flexibility index (Phi) is 4.99. The highest BCUT2D eigenvalue weighted by molar-refractivity contribution is 9.11. The quantitative estimate of drug-likeness (QED) is 0.810. The fraction of sp³-hybridized carbons (Fsp3) is 0.417. The zero-order valence-electron chi connectivity index (χ0n) is 9.63. The van der Waals surface area contributed by atoms with Gasteiger partial charge in [-0.3, -0.25) is 4.79 Å². The Bertz CT molecular complexity index is 391. The van der Waals surface area contributed by atoms with E-state index < -0.39 is 0 Å². The van der Waals surface area contributed by atoms with Gasteiger partial charge in [-0.05, 0) is 40.0 Å². The molecule has 0 aliphatic rings. The molecular formula is C12H15Br2NO. The monoisotopic (exact) mass is 347 g/mol. The van der Waals surface area contributed by atoms with Gasteiger partial charge in [0.15, 0.2) is 0 Å². The third-order valence-corrected chi connectivity index (χ3v) is 3.30. The molecule has 0 fully saturated rings. The van der Waals surface area contributed by atoms with Crippen LogP contribution in [0.15, 0.2) is 27.1 Å². The molecule has 0 saturated heterocycles. The normalized spacial score (nSPS) is 10.6. The van der Waals surface area contributed by atoms with Crippen molar-refractivity contribution in [3.05, 3.63) is 32.7 Å². The first-order valence-corrected chi connectivity index (χ1v) is 6.71. The van der Waals surface area contributed by atoms with Gasteiger partial charge in [-0.15, -0.1) is 0 Å². The summed E-state index contributed by atoms with van der Waals surface area (Å²) in [7, 11) is 1.83. The second-order valence-corrected chi connectivity index (χ2v) is 5.97. The maximum atomic E-state index is 12.1. The summed E-state index contributed by atoms with van der Waals surface area (Å²) in [5.74, 6) is 0.524. The fourth-order valence-corrected chi connectivity index (χ4v) is 2.72. The Hall–Kier alpha value is -0.350. The molecular weight excluding hydrogens is 334 g/mol. The zero-order valence-corrected chi connectivity index (χ0v) is 12.8. The van der Waals surface area contributed by atoms with E-state index in [-0.39, 0.29) is 5.91 Å². The Balaban J connectivity index is 2.88. The van der Waals surface area contributed by atoms with E-state index in [0.29, 0.717) is 11.5 Å². The summed E-state index contributed by atoms with van der Waals surface area (Å²) in [6.07, 6.45) is 0. The maximum Gasteiger partial charge on any atom is 0.254 e. The van der Waals surface area contributed by atoms with E-state index in [0.717, 1.165) is 15.5 Å². The van der Waals surface area contributed by atoms with Crippen molar-refractivity contribution in [2.24, 2.45) is 5.92 Å². The van der Waals surface area contributed by atoms with Crippen LogP contribution in [0.3, 0.4) is 0 Å². The van der Waals surface area contributed by atoms with Crippen LogP contribution in [0.25, 0.3) is 0 Å². The van der Waals surface area contributed by atoms with Crippen LogP contribution in [0.4, 0.5) is 0 Å². The summed E-state index contributed by atoms with van der Waals surface area (Å²) >= 11 is 6.77. The van der Waals surface area contributed by atoms with Gasteiger partial charge in [-0.1, -0.05) is 29.8 Å². The van der Waals surface area contributed by atoms with E-state index in [1.165, 1.54) is 0 Å². The molecule has 0 spiro atoms. The van der Waals surface area contributed by atoms with Crippen LogP contribution in [0.5, 0.6) is 0 Å². The maximum absolute atomic E-state index is 12.1. The first-order chi connectivity index (χ1) is 7.41. The molecule has 0 heterocycles. The van der Waals surface area contributed by atoms with Gasteiger partial charge < -0.3 is 4.90 Å². The van der Waals surface area contributed by atoms with Crippen molar-refractivity contribution in [1.82, 2.24) is 4.90 Å². The summed E-state index contributed by atoms with van der Waals surface area (Å²) in [4.78, 5) is 13.8. The van der Waals surface area contributed by atoms with Gasteiger partial charge in [0.1, 0.15) is 0 Å². The SMILES string of the molecule is CC(C)CN(C)C(=O)c1ccc(Br)cc1Br. The third-order valence-electron chi connectivity index (χ3n) is 2.15. The Morgan fingerprint density at radius 2 is 2.00 bits per heavy atom. The summed E-state index contributed by atoms with van der Waals surface area (Å²) in [6.45, 7) is 4.96. The Morgan fingerprint density at radius 1 is 1.38 bits per heavy atom.